The quantitative estimate of drug-likeness (QED) is 0.723. The number of hydrogen-bond acceptors (Lipinski definition) is 4. The lowest BCUT2D eigenvalue weighted by Gasteiger charge is -2.13. The molecule has 0 bridgehead atoms. The molecule has 0 aliphatic rings. The Bertz CT molecular complexity index is 651. The summed E-state index contributed by atoms with van der Waals surface area (Å²) in [4.78, 5) is 14.5. The van der Waals surface area contributed by atoms with Gasteiger partial charge in [-0.1, -0.05) is 26.0 Å². The van der Waals surface area contributed by atoms with Crippen molar-refractivity contribution in [2.45, 2.75) is 26.7 Å². The fourth-order valence-electron chi connectivity index (χ4n) is 2.28. The molecular formula is C20H29N3O. The van der Waals surface area contributed by atoms with Crippen molar-refractivity contribution >= 4 is 17.1 Å². The van der Waals surface area contributed by atoms with Crippen LogP contribution < -0.4 is 9.80 Å². The highest BCUT2D eigenvalue weighted by Crippen LogP contribution is 2.24. The van der Waals surface area contributed by atoms with Crippen molar-refractivity contribution in [2.24, 2.45) is 5.18 Å². The molecule has 2 aromatic rings. The van der Waals surface area contributed by atoms with E-state index in [1.54, 1.807) is 6.07 Å². The van der Waals surface area contributed by atoms with E-state index in [0.29, 0.717) is 5.69 Å². The first-order chi connectivity index (χ1) is 11.4. The Morgan fingerprint density at radius 1 is 0.833 bits per heavy atom. The number of nitroso groups, excluding NO2 is 1. The minimum Gasteiger partial charge on any atom is -0.378 e. The molecule has 0 fully saturated rings. The first kappa shape index (κ1) is 19.7. The number of anilines is 2. The Morgan fingerprint density at radius 3 is 1.96 bits per heavy atom. The highest BCUT2D eigenvalue weighted by molar-refractivity contribution is 5.57. The SMILES string of the molecule is CCc1cc(N(C)C)ccc1N=O.CCc1cccc(N(C)C)c1. The topological polar surface area (TPSA) is 35.9 Å². The Labute approximate surface area is 146 Å². The molecule has 0 aliphatic carbocycles. The fourth-order valence-corrected chi connectivity index (χ4v) is 2.28. The normalized spacial score (nSPS) is 9.75. The van der Waals surface area contributed by atoms with Crippen molar-refractivity contribution < 1.29 is 0 Å². The van der Waals surface area contributed by atoms with Crippen LogP contribution in [0.25, 0.3) is 0 Å². The molecule has 0 saturated heterocycles. The summed E-state index contributed by atoms with van der Waals surface area (Å²) < 4.78 is 0. The maximum absolute atomic E-state index is 10.4. The van der Waals surface area contributed by atoms with Gasteiger partial charge in [-0.2, -0.15) is 0 Å². The minimum atomic E-state index is 0.549. The molecule has 4 heteroatoms. The van der Waals surface area contributed by atoms with Crippen LogP contribution in [0.15, 0.2) is 47.6 Å². The second-order valence-corrected chi connectivity index (χ2v) is 6.07. The van der Waals surface area contributed by atoms with Crippen LogP contribution in [0.5, 0.6) is 0 Å². The van der Waals surface area contributed by atoms with Gasteiger partial charge in [0, 0.05) is 39.6 Å². The van der Waals surface area contributed by atoms with Gasteiger partial charge in [0.1, 0.15) is 5.69 Å². The molecule has 0 saturated carbocycles. The van der Waals surface area contributed by atoms with Crippen molar-refractivity contribution in [3.63, 3.8) is 0 Å². The lowest BCUT2D eigenvalue weighted by atomic mass is 10.1. The van der Waals surface area contributed by atoms with E-state index in [1.807, 2.05) is 38.1 Å². The highest BCUT2D eigenvalue weighted by Gasteiger charge is 2.03. The molecule has 2 rings (SSSR count). The van der Waals surface area contributed by atoms with Gasteiger partial charge in [-0.25, -0.2) is 0 Å². The van der Waals surface area contributed by atoms with Crippen LogP contribution in [0.1, 0.15) is 25.0 Å². The van der Waals surface area contributed by atoms with Crippen LogP contribution in [0.4, 0.5) is 17.1 Å². The van der Waals surface area contributed by atoms with Gasteiger partial charge in [0.05, 0.1) is 0 Å². The maximum atomic E-state index is 10.4. The lowest BCUT2D eigenvalue weighted by Crippen LogP contribution is -2.08. The van der Waals surface area contributed by atoms with E-state index >= 15 is 0 Å². The Hall–Kier alpha value is -2.36. The molecule has 0 heterocycles. The average Bonchev–Trinajstić information content (AvgIpc) is 2.61. The summed E-state index contributed by atoms with van der Waals surface area (Å²) in [6.07, 6.45) is 1.95. The standard InChI is InChI=1S/C10H14N2O.C10H15N/c1-4-8-7-9(12(2)3)5-6-10(8)11-13;1-4-9-6-5-7-10(8-9)11(2)3/h5-7H,4H2,1-3H3;5-8H,4H2,1-3H3. The molecule has 0 aromatic heterocycles. The molecule has 4 nitrogen and oxygen atoms in total. The van der Waals surface area contributed by atoms with Crippen molar-refractivity contribution in [3.8, 4) is 0 Å². The predicted octanol–water partition coefficient (Wildman–Crippen LogP) is 5.03. The minimum absolute atomic E-state index is 0.549. The zero-order valence-electron chi connectivity index (χ0n) is 15.7. The summed E-state index contributed by atoms with van der Waals surface area (Å²) in [5.74, 6) is 0. The van der Waals surface area contributed by atoms with Gasteiger partial charge >= 0.3 is 0 Å². The van der Waals surface area contributed by atoms with Gasteiger partial charge in [0.2, 0.25) is 0 Å². The monoisotopic (exact) mass is 327 g/mol. The van der Waals surface area contributed by atoms with E-state index in [2.05, 4.69) is 55.4 Å². The number of hydrogen-bond donors (Lipinski definition) is 0. The molecule has 0 spiro atoms. The van der Waals surface area contributed by atoms with E-state index in [0.717, 1.165) is 24.1 Å². The predicted molar refractivity (Wildman–Crippen MR) is 106 cm³/mol. The van der Waals surface area contributed by atoms with Crippen LogP contribution in [0, 0.1) is 4.91 Å². The maximum Gasteiger partial charge on any atom is 0.111 e. The van der Waals surface area contributed by atoms with E-state index in [4.69, 9.17) is 0 Å². The third kappa shape index (κ3) is 5.69. The molecule has 0 unspecified atom stereocenters. The first-order valence-electron chi connectivity index (χ1n) is 8.32. The van der Waals surface area contributed by atoms with Crippen LogP contribution in [-0.4, -0.2) is 28.2 Å². The molecule has 0 atom stereocenters. The van der Waals surface area contributed by atoms with E-state index in [9.17, 15) is 4.91 Å². The van der Waals surface area contributed by atoms with Gasteiger partial charge in [0.25, 0.3) is 0 Å². The van der Waals surface area contributed by atoms with Crippen LogP contribution in [0.2, 0.25) is 0 Å². The smallest absolute Gasteiger partial charge is 0.111 e. The van der Waals surface area contributed by atoms with Crippen molar-refractivity contribution in [3.05, 3.63) is 58.5 Å². The summed E-state index contributed by atoms with van der Waals surface area (Å²) in [7, 11) is 8.08. The summed E-state index contributed by atoms with van der Waals surface area (Å²) >= 11 is 0. The summed E-state index contributed by atoms with van der Waals surface area (Å²) in [5.41, 5.74) is 5.33. The molecule has 0 amide bonds. The van der Waals surface area contributed by atoms with Gasteiger partial charge in [-0.15, -0.1) is 4.91 Å². The Morgan fingerprint density at radius 2 is 1.46 bits per heavy atom. The van der Waals surface area contributed by atoms with Crippen LogP contribution in [0.3, 0.4) is 0 Å². The second-order valence-electron chi connectivity index (χ2n) is 6.07. The van der Waals surface area contributed by atoms with Crippen LogP contribution >= 0.6 is 0 Å². The molecular weight excluding hydrogens is 298 g/mol. The molecule has 0 N–H and O–H groups in total. The summed E-state index contributed by atoms with van der Waals surface area (Å²) in [6.45, 7) is 4.19. The van der Waals surface area contributed by atoms with Crippen LogP contribution in [-0.2, 0) is 12.8 Å². The number of nitrogens with zero attached hydrogens (tertiary/aromatic N) is 3. The third-order valence-electron chi connectivity index (χ3n) is 3.89. The lowest BCUT2D eigenvalue weighted by molar-refractivity contribution is 1.09. The van der Waals surface area contributed by atoms with Crippen molar-refractivity contribution in [2.75, 3.05) is 38.0 Å². The third-order valence-corrected chi connectivity index (χ3v) is 3.89. The fraction of sp³-hybridized carbons (Fsp3) is 0.400. The summed E-state index contributed by atoms with van der Waals surface area (Å²) in [5, 5.41) is 2.97. The highest BCUT2D eigenvalue weighted by atomic mass is 16.3. The van der Waals surface area contributed by atoms with Gasteiger partial charge in [0.15, 0.2) is 0 Å². The average molecular weight is 327 g/mol. The van der Waals surface area contributed by atoms with Gasteiger partial charge in [-0.3, -0.25) is 0 Å². The van der Waals surface area contributed by atoms with E-state index in [1.165, 1.54) is 11.3 Å². The van der Waals surface area contributed by atoms with E-state index in [-0.39, 0.29) is 0 Å². The first-order valence-corrected chi connectivity index (χ1v) is 8.32. The molecule has 2 aromatic carbocycles. The second kappa shape index (κ2) is 9.71. The zero-order chi connectivity index (χ0) is 18.1. The Balaban J connectivity index is 0.000000243. The number of rotatable bonds is 5. The Kier molecular flexibility index (Phi) is 7.96. The van der Waals surface area contributed by atoms with Crippen molar-refractivity contribution in [1.29, 1.82) is 0 Å². The molecule has 24 heavy (non-hydrogen) atoms. The van der Waals surface area contributed by atoms with Crippen molar-refractivity contribution in [1.82, 2.24) is 0 Å². The number of benzene rings is 2. The summed E-state index contributed by atoms with van der Waals surface area (Å²) in [6, 6.07) is 14.3. The molecule has 130 valence electrons. The molecule has 0 radical (unpaired) electrons. The number of aryl methyl sites for hydroxylation is 2. The zero-order valence-corrected chi connectivity index (χ0v) is 15.7. The largest absolute Gasteiger partial charge is 0.378 e. The molecule has 0 aliphatic heterocycles. The van der Waals surface area contributed by atoms with Gasteiger partial charge in [-0.05, 0) is 59.5 Å². The van der Waals surface area contributed by atoms with E-state index < -0.39 is 0 Å². The van der Waals surface area contributed by atoms with Gasteiger partial charge < -0.3 is 9.80 Å².